The molecule has 2 aromatic heterocycles. The van der Waals surface area contributed by atoms with Crippen LogP contribution in [0.3, 0.4) is 0 Å². The Bertz CT molecular complexity index is 881. The van der Waals surface area contributed by atoms with Crippen LogP contribution in [0, 0.1) is 0 Å². The molecule has 0 unspecified atom stereocenters. The number of aromatic nitrogens is 4. The molecule has 3 rings (SSSR count). The number of nitrogens with zero attached hydrogens (tertiary/aromatic N) is 5. The largest absolute Gasteiger partial charge is 0.433 e. The van der Waals surface area contributed by atoms with Gasteiger partial charge in [0.15, 0.2) is 0 Å². The highest BCUT2D eigenvalue weighted by Crippen LogP contribution is 2.32. The molecular weight excluding hydrogens is 397 g/mol. The van der Waals surface area contributed by atoms with E-state index < -0.39 is 17.3 Å². The third-order valence-electron chi connectivity index (χ3n) is 4.98. The van der Waals surface area contributed by atoms with Gasteiger partial charge in [0.05, 0.1) is 0 Å². The van der Waals surface area contributed by atoms with Crippen molar-refractivity contribution in [2.75, 3.05) is 37.6 Å². The second-order valence-electron chi connectivity index (χ2n) is 8.50. The average molecular weight is 424 g/mol. The van der Waals surface area contributed by atoms with Crippen molar-refractivity contribution in [1.29, 1.82) is 0 Å². The topological polar surface area (TPSA) is 78.0 Å². The molecule has 7 nitrogen and oxygen atoms in total. The molecule has 0 spiro atoms. The van der Waals surface area contributed by atoms with Crippen LogP contribution < -0.4 is 10.5 Å². The molecule has 2 aromatic rings. The monoisotopic (exact) mass is 424 g/mol. The van der Waals surface area contributed by atoms with Crippen molar-refractivity contribution >= 4 is 5.82 Å². The van der Waals surface area contributed by atoms with Gasteiger partial charge in [-0.1, -0.05) is 20.8 Å². The zero-order valence-electron chi connectivity index (χ0n) is 17.5. The highest BCUT2D eigenvalue weighted by molar-refractivity contribution is 5.42. The number of piperazine rings is 1. The summed E-state index contributed by atoms with van der Waals surface area (Å²) >= 11 is 0. The highest BCUT2D eigenvalue weighted by Gasteiger charge is 2.35. The molecule has 0 atom stereocenters. The number of H-pyrrole nitrogens is 1. The van der Waals surface area contributed by atoms with Crippen LogP contribution in [-0.4, -0.2) is 57.6 Å². The van der Waals surface area contributed by atoms with E-state index in [0.717, 1.165) is 32.1 Å². The van der Waals surface area contributed by atoms with E-state index in [0.29, 0.717) is 31.2 Å². The summed E-state index contributed by atoms with van der Waals surface area (Å²) < 4.78 is 40.0. The number of alkyl halides is 3. The van der Waals surface area contributed by atoms with Crippen LogP contribution in [0.25, 0.3) is 0 Å². The molecule has 164 valence electrons. The SMILES string of the molecule is CC(C)(C)c1nc(N2CCN(CCCc3nccc(=O)[nH]3)CC2)cc(C(F)(F)F)n1. The second-order valence-corrected chi connectivity index (χ2v) is 8.50. The third-order valence-corrected chi connectivity index (χ3v) is 4.98. The summed E-state index contributed by atoms with van der Waals surface area (Å²) in [5.41, 5.74) is -1.64. The first kappa shape index (κ1) is 22.2. The summed E-state index contributed by atoms with van der Waals surface area (Å²) in [5.74, 6) is 1.18. The summed E-state index contributed by atoms with van der Waals surface area (Å²) in [5, 5.41) is 0. The lowest BCUT2D eigenvalue weighted by Gasteiger charge is -2.36. The minimum Gasteiger partial charge on any atom is -0.354 e. The van der Waals surface area contributed by atoms with Gasteiger partial charge in [-0.05, 0) is 13.0 Å². The van der Waals surface area contributed by atoms with Gasteiger partial charge in [-0.25, -0.2) is 15.0 Å². The van der Waals surface area contributed by atoms with Crippen molar-refractivity contribution in [3.63, 3.8) is 0 Å². The standard InChI is InChI=1S/C20H27F3N6O/c1-19(2,3)18-25-14(20(21,22)23)13-16(27-18)29-11-9-28(10-12-29)8-4-5-15-24-7-6-17(30)26-15/h6-7,13H,4-5,8-12H2,1-3H3,(H,24,26,30). The van der Waals surface area contributed by atoms with Crippen LogP contribution in [0.5, 0.6) is 0 Å². The van der Waals surface area contributed by atoms with E-state index in [-0.39, 0.29) is 11.4 Å². The number of aryl methyl sites for hydroxylation is 1. The zero-order valence-corrected chi connectivity index (χ0v) is 17.5. The van der Waals surface area contributed by atoms with E-state index in [1.54, 1.807) is 20.8 Å². The van der Waals surface area contributed by atoms with Crippen molar-refractivity contribution < 1.29 is 13.2 Å². The van der Waals surface area contributed by atoms with Crippen molar-refractivity contribution in [3.8, 4) is 0 Å². The van der Waals surface area contributed by atoms with Gasteiger partial charge in [-0.2, -0.15) is 13.2 Å². The van der Waals surface area contributed by atoms with Crippen molar-refractivity contribution in [1.82, 2.24) is 24.8 Å². The first-order valence-corrected chi connectivity index (χ1v) is 10.0. The molecule has 1 fully saturated rings. The van der Waals surface area contributed by atoms with Crippen LogP contribution in [0.2, 0.25) is 0 Å². The van der Waals surface area contributed by atoms with Gasteiger partial charge < -0.3 is 9.88 Å². The Labute approximate surface area is 173 Å². The molecule has 3 heterocycles. The molecule has 0 amide bonds. The fourth-order valence-corrected chi connectivity index (χ4v) is 3.29. The van der Waals surface area contributed by atoms with Gasteiger partial charge in [0.25, 0.3) is 5.56 Å². The average Bonchev–Trinajstić information content (AvgIpc) is 2.67. The number of hydrogen-bond acceptors (Lipinski definition) is 6. The molecule has 0 saturated carbocycles. The van der Waals surface area contributed by atoms with Crippen LogP contribution in [0.4, 0.5) is 19.0 Å². The van der Waals surface area contributed by atoms with E-state index in [2.05, 4.69) is 24.8 Å². The zero-order chi connectivity index (χ0) is 21.9. The van der Waals surface area contributed by atoms with Crippen LogP contribution in [-0.2, 0) is 18.0 Å². The molecule has 1 aliphatic heterocycles. The lowest BCUT2D eigenvalue weighted by Crippen LogP contribution is -2.47. The van der Waals surface area contributed by atoms with E-state index in [9.17, 15) is 18.0 Å². The van der Waals surface area contributed by atoms with Crippen molar-refractivity contribution in [3.05, 3.63) is 46.0 Å². The summed E-state index contributed by atoms with van der Waals surface area (Å²) in [7, 11) is 0. The summed E-state index contributed by atoms with van der Waals surface area (Å²) in [6, 6.07) is 2.42. The van der Waals surface area contributed by atoms with Gasteiger partial charge in [0.2, 0.25) is 0 Å². The van der Waals surface area contributed by atoms with E-state index >= 15 is 0 Å². The molecule has 0 aliphatic carbocycles. The molecule has 0 aromatic carbocycles. The lowest BCUT2D eigenvalue weighted by molar-refractivity contribution is -0.141. The fourth-order valence-electron chi connectivity index (χ4n) is 3.29. The normalized spacial score (nSPS) is 16.1. The molecule has 1 aliphatic rings. The number of anilines is 1. The summed E-state index contributed by atoms with van der Waals surface area (Å²) in [4.78, 5) is 30.5. The molecular formula is C20H27F3N6O. The highest BCUT2D eigenvalue weighted by atomic mass is 19.4. The molecule has 0 radical (unpaired) electrons. The number of nitrogens with one attached hydrogen (secondary N) is 1. The van der Waals surface area contributed by atoms with E-state index in [1.165, 1.54) is 12.3 Å². The summed E-state index contributed by atoms with van der Waals surface area (Å²) in [6.45, 7) is 8.90. The van der Waals surface area contributed by atoms with Gasteiger partial charge in [0, 0.05) is 56.3 Å². The Hall–Kier alpha value is -2.49. The van der Waals surface area contributed by atoms with E-state index in [4.69, 9.17) is 0 Å². The first-order valence-electron chi connectivity index (χ1n) is 10.0. The first-order chi connectivity index (χ1) is 14.0. The Morgan fingerprint density at radius 1 is 1.10 bits per heavy atom. The van der Waals surface area contributed by atoms with Gasteiger partial charge in [-0.3, -0.25) is 9.69 Å². The van der Waals surface area contributed by atoms with Gasteiger partial charge in [-0.15, -0.1) is 0 Å². The number of hydrogen-bond donors (Lipinski definition) is 1. The maximum Gasteiger partial charge on any atom is 0.433 e. The predicted octanol–water partition coefficient (Wildman–Crippen LogP) is 2.63. The van der Waals surface area contributed by atoms with Gasteiger partial charge in [0.1, 0.15) is 23.2 Å². The minimum absolute atomic E-state index is 0.161. The Morgan fingerprint density at radius 3 is 2.40 bits per heavy atom. The Kier molecular flexibility index (Phi) is 6.44. The van der Waals surface area contributed by atoms with Crippen LogP contribution in [0.15, 0.2) is 23.1 Å². The fraction of sp³-hybridized carbons (Fsp3) is 0.600. The predicted molar refractivity (Wildman–Crippen MR) is 108 cm³/mol. The molecule has 10 heteroatoms. The van der Waals surface area contributed by atoms with Crippen molar-refractivity contribution in [2.45, 2.75) is 45.2 Å². The smallest absolute Gasteiger partial charge is 0.354 e. The Balaban J connectivity index is 1.61. The number of aromatic amines is 1. The van der Waals surface area contributed by atoms with Crippen LogP contribution in [0.1, 0.15) is 44.5 Å². The molecule has 1 N–H and O–H groups in total. The minimum atomic E-state index is -4.51. The Morgan fingerprint density at radius 2 is 1.80 bits per heavy atom. The second kappa shape index (κ2) is 8.71. The van der Waals surface area contributed by atoms with Crippen molar-refractivity contribution in [2.24, 2.45) is 0 Å². The number of rotatable bonds is 5. The quantitative estimate of drug-likeness (QED) is 0.795. The molecule has 1 saturated heterocycles. The number of halogens is 3. The van der Waals surface area contributed by atoms with Crippen LogP contribution >= 0.6 is 0 Å². The van der Waals surface area contributed by atoms with E-state index in [1.807, 2.05) is 4.90 Å². The summed E-state index contributed by atoms with van der Waals surface area (Å²) in [6.07, 6.45) is -1.50. The van der Waals surface area contributed by atoms with Gasteiger partial charge >= 0.3 is 6.18 Å². The third kappa shape index (κ3) is 5.78. The maximum atomic E-state index is 13.3. The maximum absolute atomic E-state index is 13.3. The molecule has 0 bridgehead atoms. The lowest BCUT2D eigenvalue weighted by atomic mass is 9.95. The molecule has 30 heavy (non-hydrogen) atoms.